The predicted molar refractivity (Wildman–Crippen MR) is 111 cm³/mol. The molecule has 2 aromatic rings. The SMILES string of the molecule is CCN(CC)CCCNC(=S)Nc1cnn(Cc2cccc(OC)c2)c1. The van der Waals surface area contributed by atoms with Crippen molar-refractivity contribution < 1.29 is 4.74 Å². The van der Waals surface area contributed by atoms with Crippen molar-refractivity contribution in [1.29, 1.82) is 0 Å². The molecular formula is C19H29N5OS. The number of anilines is 1. The molecule has 2 rings (SSSR count). The van der Waals surface area contributed by atoms with Crippen LogP contribution in [0, 0.1) is 0 Å². The van der Waals surface area contributed by atoms with Gasteiger partial charge in [-0.25, -0.2) is 0 Å². The van der Waals surface area contributed by atoms with Gasteiger partial charge in [-0.1, -0.05) is 26.0 Å². The van der Waals surface area contributed by atoms with Crippen molar-refractivity contribution in [2.24, 2.45) is 0 Å². The van der Waals surface area contributed by atoms with Crippen molar-refractivity contribution in [3.05, 3.63) is 42.2 Å². The first-order chi connectivity index (χ1) is 12.6. The third kappa shape index (κ3) is 6.65. The molecule has 0 aliphatic heterocycles. The lowest BCUT2D eigenvalue weighted by atomic mass is 10.2. The molecule has 0 bridgehead atoms. The Morgan fingerprint density at radius 1 is 1.31 bits per heavy atom. The quantitative estimate of drug-likeness (QED) is 0.492. The van der Waals surface area contributed by atoms with E-state index in [9.17, 15) is 0 Å². The normalized spacial score (nSPS) is 10.8. The number of hydrogen-bond acceptors (Lipinski definition) is 4. The first-order valence-electron chi connectivity index (χ1n) is 9.07. The molecule has 0 fully saturated rings. The lowest BCUT2D eigenvalue weighted by Gasteiger charge is -2.18. The summed E-state index contributed by atoms with van der Waals surface area (Å²) in [4.78, 5) is 2.40. The second kappa shape index (κ2) is 10.8. The van der Waals surface area contributed by atoms with E-state index in [0.717, 1.165) is 49.6 Å². The monoisotopic (exact) mass is 375 g/mol. The van der Waals surface area contributed by atoms with E-state index in [1.54, 1.807) is 13.3 Å². The number of ether oxygens (including phenoxy) is 1. The number of benzene rings is 1. The summed E-state index contributed by atoms with van der Waals surface area (Å²) in [6.45, 7) is 9.18. The second-order valence-electron chi connectivity index (χ2n) is 6.04. The van der Waals surface area contributed by atoms with Crippen LogP contribution in [0.15, 0.2) is 36.7 Å². The number of methoxy groups -OCH3 is 1. The largest absolute Gasteiger partial charge is 0.497 e. The molecular weight excluding hydrogens is 346 g/mol. The van der Waals surface area contributed by atoms with E-state index in [2.05, 4.69) is 40.5 Å². The zero-order valence-electron chi connectivity index (χ0n) is 15.9. The van der Waals surface area contributed by atoms with E-state index in [-0.39, 0.29) is 0 Å². The Kier molecular flexibility index (Phi) is 8.37. The molecule has 142 valence electrons. The zero-order valence-corrected chi connectivity index (χ0v) is 16.7. The lowest BCUT2D eigenvalue weighted by Crippen LogP contribution is -2.32. The van der Waals surface area contributed by atoms with Crippen molar-refractivity contribution in [3.63, 3.8) is 0 Å². The number of aromatic nitrogens is 2. The molecule has 7 heteroatoms. The predicted octanol–water partition coefficient (Wildman–Crippen LogP) is 2.96. The maximum absolute atomic E-state index is 5.35. The van der Waals surface area contributed by atoms with E-state index in [4.69, 9.17) is 17.0 Å². The highest BCUT2D eigenvalue weighted by molar-refractivity contribution is 7.80. The highest BCUT2D eigenvalue weighted by Crippen LogP contribution is 2.14. The summed E-state index contributed by atoms with van der Waals surface area (Å²) < 4.78 is 7.13. The van der Waals surface area contributed by atoms with Gasteiger partial charge in [0.25, 0.3) is 0 Å². The summed E-state index contributed by atoms with van der Waals surface area (Å²) in [5.74, 6) is 0.850. The highest BCUT2D eigenvalue weighted by Gasteiger charge is 2.04. The van der Waals surface area contributed by atoms with Gasteiger partial charge < -0.3 is 20.3 Å². The van der Waals surface area contributed by atoms with Gasteiger partial charge in [0, 0.05) is 12.7 Å². The molecule has 1 aromatic carbocycles. The first kappa shape index (κ1) is 20.2. The maximum Gasteiger partial charge on any atom is 0.170 e. The molecule has 0 spiro atoms. The van der Waals surface area contributed by atoms with Crippen molar-refractivity contribution in [2.45, 2.75) is 26.8 Å². The molecule has 2 N–H and O–H groups in total. The Labute approximate surface area is 161 Å². The van der Waals surface area contributed by atoms with Gasteiger partial charge in [-0.15, -0.1) is 0 Å². The van der Waals surface area contributed by atoms with Gasteiger partial charge in [-0.3, -0.25) is 4.68 Å². The van der Waals surface area contributed by atoms with Crippen LogP contribution in [0.3, 0.4) is 0 Å². The molecule has 0 aliphatic rings. The average molecular weight is 376 g/mol. The Morgan fingerprint density at radius 2 is 2.12 bits per heavy atom. The van der Waals surface area contributed by atoms with Gasteiger partial charge in [0.15, 0.2) is 5.11 Å². The van der Waals surface area contributed by atoms with Crippen LogP contribution in [0.5, 0.6) is 5.75 Å². The van der Waals surface area contributed by atoms with Crippen molar-refractivity contribution in [1.82, 2.24) is 20.0 Å². The van der Waals surface area contributed by atoms with Crippen molar-refractivity contribution in [3.8, 4) is 5.75 Å². The molecule has 0 amide bonds. The molecule has 26 heavy (non-hydrogen) atoms. The van der Waals surface area contributed by atoms with E-state index in [0.29, 0.717) is 11.7 Å². The van der Waals surface area contributed by atoms with E-state index >= 15 is 0 Å². The van der Waals surface area contributed by atoms with Crippen LogP contribution in [-0.2, 0) is 6.54 Å². The minimum Gasteiger partial charge on any atom is -0.497 e. The number of nitrogens with one attached hydrogen (secondary N) is 2. The maximum atomic E-state index is 5.35. The minimum atomic E-state index is 0.630. The summed E-state index contributed by atoms with van der Waals surface area (Å²) in [7, 11) is 1.67. The lowest BCUT2D eigenvalue weighted by molar-refractivity contribution is 0.300. The van der Waals surface area contributed by atoms with Crippen LogP contribution in [0.25, 0.3) is 0 Å². The summed E-state index contributed by atoms with van der Waals surface area (Å²) in [6.07, 6.45) is 4.80. The smallest absolute Gasteiger partial charge is 0.170 e. The fourth-order valence-electron chi connectivity index (χ4n) is 2.69. The van der Waals surface area contributed by atoms with Crippen LogP contribution in [0.4, 0.5) is 5.69 Å². The Balaban J connectivity index is 1.75. The van der Waals surface area contributed by atoms with Crippen LogP contribution < -0.4 is 15.4 Å². The van der Waals surface area contributed by atoms with E-state index in [1.807, 2.05) is 29.1 Å². The molecule has 0 unspecified atom stereocenters. The summed E-state index contributed by atoms with van der Waals surface area (Å²) >= 11 is 5.35. The number of rotatable bonds is 10. The van der Waals surface area contributed by atoms with Gasteiger partial charge in [-0.05, 0) is 56.0 Å². The van der Waals surface area contributed by atoms with Gasteiger partial charge in [0.2, 0.25) is 0 Å². The average Bonchev–Trinajstić information content (AvgIpc) is 3.08. The number of thiocarbonyl (C=S) groups is 1. The summed E-state index contributed by atoms with van der Waals surface area (Å²) in [5, 5.41) is 11.4. The Hall–Kier alpha value is -2.12. The minimum absolute atomic E-state index is 0.630. The molecule has 0 saturated carbocycles. The summed E-state index contributed by atoms with van der Waals surface area (Å²) in [5.41, 5.74) is 2.02. The highest BCUT2D eigenvalue weighted by atomic mass is 32.1. The zero-order chi connectivity index (χ0) is 18.8. The van der Waals surface area contributed by atoms with Gasteiger partial charge in [0.05, 0.1) is 25.5 Å². The Morgan fingerprint density at radius 3 is 2.85 bits per heavy atom. The number of nitrogens with zero attached hydrogens (tertiary/aromatic N) is 3. The molecule has 0 atom stereocenters. The van der Waals surface area contributed by atoms with Gasteiger partial charge in [0.1, 0.15) is 5.75 Å². The van der Waals surface area contributed by atoms with Gasteiger partial charge in [-0.2, -0.15) is 5.10 Å². The van der Waals surface area contributed by atoms with E-state index < -0.39 is 0 Å². The third-order valence-corrected chi connectivity index (χ3v) is 4.45. The molecule has 6 nitrogen and oxygen atoms in total. The molecule has 0 aliphatic carbocycles. The molecule has 0 saturated heterocycles. The van der Waals surface area contributed by atoms with Crippen LogP contribution in [0.1, 0.15) is 25.8 Å². The summed E-state index contributed by atoms with van der Waals surface area (Å²) in [6, 6.07) is 7.98. The van der Waals surface area contributed by atoms with Crippen LogP contribution in [0.2, 0.25) is 0 Å². The van der Waals surface area contributed by atoms with Crippen LogP contribution >= 0.6 is 12.2 Å². The van der Waals surface area contributed by atoms with E-state index in [1.165, 1.54) is 0 Å². The standard InChI is InChI=1S/C19H29N5OS/c1-4-23(5-2)11-7-10-20-19(26)22-17-13-21-24(15-17)14-16-8-6-9-18(12-16)25-3/h6,8-9,12-13,15H,4-5,7,10-11,14H2,1-3H3,(H2,20,22,26). The van der Waals surface area contributed by atoms with Gasteiger partial charge >= 0.3 is 0 Å². The first-order valence-corrected chi connectivity index (χ1v) is 9.48. The van der Waals surface area contributed by atoms with Crippen molar-refractivity contribution in [2.75, 3.05) is 38.6 Å². The third-order valence-electron chi connectivity index (χ3n) is 4.20. The Bertz CT molecular complexity index is 684. The second-order valence-corrected chi connectivity index (χ2v) is 6.45. The molecule has 1 heterocycles. The van der Waals surface area contributed by atoms with Crippen molar-refractivity contribution >= 4 is 23.0 Å². The fraction of sp³-hybridized carbons (Fsp3) is 0.474. The number of hydrogen-bond donors (Lipinski definition) is 2. The topological polar surface area (TPSA) is 54.3 Å². The molecule has 0 radical (unpaired) electrons. The molecule has 1 aromatic heterocycles. The van der Waals surface area contributed by atoms with Crippen LogP contribution in [-0.4, -0.2) is 53.1 Å². The fourth-order valence-corrected chi connectivity index (χ4v) is 2.91.